The van der Waals surface area contributed by atoms with E-state index in [4.69, 9.17) is 4.42 Å². The minimum atomic E-state index is -0.206. The first-order valence-corrected chi connectivity index (χ1v) is 9.12. The fraction of sp³-hybridized carbons (Fsp3) is 0.227. The van der Waals surface area contributed by atoms with Gasteiger partial charge in [0.15, 0.2) is 5.96 Å². The maximum atomic E-state index is 13.3. The van der Waals surface area contributed by atoms with Crippen LogP contribution in [0.3, 0.4) is 0 Å². The van der Waals surface area contributed by atoms with Gasteiger partial charge in [-0.15, -0.1) is 24.0 Å². The summed E-state index contributed by atoms with van der Waals surface area (Å²) in [6.07, 6.45) is 3.18. The van der Waals surface area contributed by atoms with Gasteiger partial charge in [0, 0.05) is 19.5 Å². The molecule has 0 saturated heterocycles. The van der Waals surface area contributed by atoms with Gasteiger partial charge in [-0.2, -0.15) is 0 Å². The van der Waals surface area contributed by atoms with Crippen molar-refractivity contribution in [3.8, 4) is 0 Å². The molecule has 1 aromatic heterocycles. The Balaban J connectivity index is 0.00000280. The van der Waals surface area contributed by atoms with Crippen LogP contribution in [0.2, 0.25) is 0 Å². The molecule has 0 spiro atoms. The van der Waals surface area contributed by atoms with Crippen LogP contribution in [0.5, 0.6) is 0 Å². The van der Waals surface area contributed by atoms with E-state index in [2.05, 4.69) is 27.8 Å². The van der Waals surface area contributed by atoms with Gasteiger partial charge in [0.1, 0.15) is 11.6 Å². The van der Waals surface area contributed by atoms with Crippen LogP contribution in [-0.2, 0) is 19.4 Å². The van der Waals surface area contributed by atoms with Crippen molar-refractivity contribution in [1.29, 1.82) is 0 Å². The van der Waals surface area contributed by atoms with Crippen LogP contribution in [0.15, 0.2) is 82.4 Å². The highest BCUT2D eigenvalue weighted by molar-refractivity contribution is 14.0. The molecule has 0 amide bonds. The normalized spacial score (nSPS) is 11.0. The topological polar surface area (TPSA) is 49.6 Å². The molecule has 0 aliphatic heterocycles. The number of nitrogens with zero attached hydrogens (tertiary/aromatic N) is 1. The minimum Gasteiger partial charge on any atom is -0.469 e. The minimum absolute atomic E-state index is 0. The molecule has 0 fully saturated rings. The molecule has 0 bridgehead atoms. The van der Waals surface area contributed by atoms with Gasteiger partial charge in [0.2, 0.25) is 0 Å². The summed E-state index contributed by atoms with van der Waals surface area (Å²) in [5.74, 6) is 1.47. The third kappa shape index (κ3) is 7.72. The van der Waals surface area contributed by atoms with E-state index in [0.29, 0.717) is 19.6 Å². The SMILES string of the molecule is Fc1cccc(CCNC(=NCc2ccccc2)NCCc2ccco2)c1.I. The number of nitrogens with one attached hydrogen (secondary N) is 2. The second-order valence-electron chi connectivity index (χ2n) is 6.21. The van der Waals surface area contributed by atoms with Gasteiger partial charge in [-0.25, -0.2) is 9.38 Å². The van der Waals surface area contributed by atoms with Crippen LogP contribution >= 0.6 is 24.0 Å². The molecule has 28 heavy (non-hydrogen) atoms. The molecule has 2 N–H and O–H groups in total. The van der Waals surface area contributed by atoms with E-state index in [-0.39, 0.29) is 29.8 Å². The molecule has 0 radical (unpaired) electrons. The Kier molecular flexibility index (Phi) is 9.54. The van der Waals surface area contributed by atoms with E-state index < -0.39 is 0 Å². The molecule has 0 aliphatic rings. The molecule has 0 aliphatic carbocycles. The van der Waals surface area contributed by atoms with Crippen molar-refractivity contribution in [1.82, 2.24) is 10.6 Å². The lowest BCUT2D eigenvalue weighted by molar-refractivity contribution is 0.506. The van der Waals surface area contributed by atoms with Crippen molar-refractivity contribution in [3.63, 3.8) is 0 Å². The zero-order valence-corrected chi connectivity index (χ0v) is 17.9. The largest absolute Gasteiger partial charge is 0.469 e. The number of benzene rings is 2. The number of furan rings is 1. The van der Waals surface area contributed by atoms with Crippen LogP contribution in [0.25, 0.3) is 0 Å². The Morgan fingerprint density at radius 2 is 1.61 bits per heavy atom. The molecule has 1 heterocycles. The average molecular weight is 493 g/mol. The standard InChI is InChI=1S/C22H24FN3O.HI/c23-20-9-4-8-18(16-20)11-13-24-22(25-14-12-21-10-5-15-27-21)26-17-19-6-2-1-3-7-19;/h1-10,15-16H,11-14,17H2,(H2,24,25,26);1H. The number of halogens is 2. The van der Waals surface area contributed by atoms with Crippen LogP contribution < -0.4 is 10.6 Å². The van der Waals surface area contributed by atoms with E-state index >= 15 is 0 Å². The second kappa shape index (κ2) is 12.2. The highest BCUT2D eigenvalue weighted by Crippen LogP contribution is 2.04. The predicted molar refractivity (Wildman–Crippen MR) is 122 cm³/mol. The van der Waals surface area contributed by atoms with E-state index in [1.54, 1.807) is 18.4 Å². The van der Waals surface area contributed by atoms with Crippen molar-refractivity contribution in [2.45, 2.75) is 19.4 Å². The Morgan fingerprint density at radius 3 is 2.32 bits per heavy atom. The van der Waals surface area contributed by atoms with Crippen LogP contribution in [0.1, 0.15) is 16.9 Å². The summed E-state index contributed by atoms with van der Waals surface area (Å²) < 4.78 is 18.7. The van der Waals surface area contributed by atoms with E-state index in [1.807, 2.05) is 36.4 Å². The van der Waals surface area contributed by atoms with E-state index in [9.17, 15) is 4.39 Å². The van der Waals surface area contributed by atoms with Crippen molar-refractivity contribution in [2.75, 3.05) is 13.1 Å². The molecule has 4 nitrogen and oxygen atoms in total. The molecule has 0 atom stereocenters. The lowest BCUT2D eigenvalue weighted by atomic mass is 10.1. The van der Waals surface area contributed by atoms with Gasteiger partial charge < -0.3 is 15.1 Å². The number of rotatable bonds is 8. The smallest absolute Gasteiger partial charge is 0.191 e. The Bertz CT molecular complexity index is 838. The molecule has 148 valence electrons. The zero-order chi connectivity index (χ0) is 18.7. The second-order valence-corrected chi connectivity index (χ2v) is 6.21. The zero-order valence-electron chi connectivity index (χ0n) is 15.6. The monoisotopic (exact) mass is 493 g/mol. The summed E-state index contributed by atoms with van der Waals surface area (Å²) in [7, 11) is 0. The maximum absolute atomic E-state index is 13.3. The Labute approximate surface area is 182 Å². The van der Waals surface area contributed by atoms with Crippen LogP contribution in [0.4, 0.5) is 4.39 Å². The van der Waals surface area contributed by atoms with Crippen molar-refractivity contribution >= 4 is 29.9 Å². The summed E-state index contributed by atoms with van der Waals surface area (Å²) in [5, 5.41) is 6.65. The van der Waals surface area contributed by atoms with E-state index in [1.165, 1.54) is 6.07 Å². The summed E-state index contributed by atoms with van der Waals surface area (Å²) in [6, 6.07) is 20.6. The first kappa shape index (κ1) is 21.9. The van der Waals surface area contributed by atoms with Crippen molar-refractivity contribution < 1.29 is 8.81 Å². The number of aliphatic imine (C=N–C) groups is 1. The molecular weight excluding hydrogens is 468 g/mol. The highest BCUT2D eigenvalue weighted by atomic mass is 127. The lowest BCUT2D eigenvalue weighted by Crippen LogP contribution is -2.39. The number of hydrogen-bond donors (Lipinski definition) is 2. The predicted octanol–water partition coefficient (Wildman–Crippen LogP) is 4.56. The molecule has 6 heteroatoms. The van der Waals surface area contributed by atoms with Crippen molar-refractivity contribution in [2.24, 2.45) is 4.99 Å². The first-order valence-electron chi connectivity index (χ1n) is 9.12. The molecule has 3 rings (SSSR count). The van der Waals surface area contributed by atoms with Crippen LogP contribution in [0, 0.1) is 5.82 Å². The summed E-state index contributed by atoms with van der Waals surface area (Å²) in [6.45, 7) is 1.98. The molecule has 3 aromatic rings. The fourth-order valence-corrected chi connectivity index (χ4v) is 2.70. The maximum Gasteiger partial charge on any atom is 0.191 e. The molecule has 2 aromatic carbocycles. The Morgan fingerprint density at radius 1 is 0.857 bits per heavy atom. The first-order chi connectivity index (χ1) is 13.3. The average Bonchev–Trinajstić information content (AvgIpc) is 3.20. The Hall–Kier alpha value is -2.35. The number of guanidine groups is 1. The number of hydrogen-bond acceptors (Lipinski definition) is 2. The van der Waals surface area contributed by atoms with Gasteiger partial charge in [0.05, 0.1) is 12.8 Å². The van der Waals surface area contributed by atoms with Gasteiger partial charge in [-0.1, -0.05) is 42.5 Å². The van der Waals surface area contributed by atoms with Gasteiger partial charge in [0.25, 0.3) is 0 Å². The quantitative estimate of drug-likeness (QED) is 0.275. The third-order valence-electron chi connectivity index (χ3n) is 4.10. The molecule has 0 unspecified atom stereocenters. The van der Waals surface area contributed by atoms with Gasteiger partial charge in [-0.05, 0) is 41.8 Å². The lowest BCUT2D eigenvalue weighted by Gasteiger charge is -2.12. The van der Waals surface area contributed by atoms with Gasteiger partial charge >= 0.3 is 0 Å². The molecular formula is C22H25FIN3O. The summed E-state index contributed by atoms with van der Waals surface area (Å²) in [5.41, 5.74) is 2.11. The van der Waals surface area contributed by atoms with Crippen molar-refractivity contribution in [3.05, 3.63) is 95.7 Å². The third-order valence-corrected chi connectivity index (χ3v) is 4.10. The van der Waals surface area contributed by atoms with E-state index in [0.717, 1.165) is 35.7 Å². The molecule has 0 saturated carbocycles. The fourth-order valence-electron chi connectivity index (χ4n) is 2.70. The summed E-state index contributed by atoms with van der Waals surface area (Å²) in [4.78, 5) is 4.65. The van der Waals surface area contributed by atoms with Gasteiger partial charge in [-0.3, -0.25) is 0 Å². The van der Waals surface area contributed by atoms with Crippen LogP contribution in [-0.4, -0.2) is 19.0 Å². The highest BCUT2D eigenvalue weighted by Gasteiger charge is 2.02. The summed E-state index contributed by atoms with van der Waals surface area (Å²) >= 11 is 0.